The maximum absolute atomic E-state index is 5.47. The zero-order valence-electron chi connectivity index (χ0n) is 16.3. The third kappa shape index (κ3) is 7.75. The molecule has 2 heterocycles. The smallest absolute Gasteiger partial charge is 0.228 e. The van der Waals surface area contributed by atoms with E-state index in [1.165, 1.54) is 0 Å². The number of rotatable bonds is 8. The molecule has 0 radical (unpaired) electrons. The van der Waals surface area contributed by atoms with Gasteiger partial charge in [0.2, 0.25) is 5.89 Å². The van der Waals surface area contributed by atoms with Crippen LogP contribution < -0.4 is 10.6 Å². The second kappa shape index (κ2) is 12.4. The van der Waals surface area contributed by atoms with Gasteiger partial charge in [-0.05, 0) is 19.8 Å². The Kier molecular flexibility index (Phi) is 11.1. The molecular formula is C17H33IN6O2. The Hall–Kier alpha value is -0.940. The van der Waals surface area contributed by atoms with Gasteiger partial charge < -0.3 is 19.9 Å². The van der Waals surface area contributed by atoms with Crippen molar-refractivity contribution >= 4 is 29.9 Å². The molecule has 0 saturated carbocycles. The van der Waals surface area contributed by atoms with Crippen LogP contribution in [0.3, 0.4) is 0 Å². The summed E-state index contributed by atoms with van der Waals surface area (Å²) in [7, 11) is 0. The Morgan fingerprint density at radius 3 is 2.58 bits per heavy atom. The van der Waals surface area contributed by atoms with Crippen molar-refractivity contribution in [1.82, 2.24) is 25.7 Å². The summed E-state index contributed by atoms with van der Waals surface area (Å²) < 4.78 is 10.6. The zero-order valence-corrected chi connectivity index (χ0v) is 18.7. The van der Waals surface area contributed by atoms with Crippen LogP contribution in [-0.4, -0.2) is 73.0 Å². The van der Waals surface area contributed by atoms with E-state index in [0.29, 0.717) is 36.6 Å². The lowest BCUT2D eigenvalue weighted by atomic mass is 10.0. The first-order valence-corrected chi connectivity index (χ1v) is 9.23. The maximum Gasteiger partial charge on any atom is 0.228 e. The number of morpholine rings is 1. The van der Waals surface area contributed by atoms with Gasteiger partial charge in [-0.25, -0.2) is 0 Å². The molecule has 1 unspecified atom stereocenters. The largest absolute Gasteiger partial charge is 0.379 e. The maximum atomic E-state index is 5.47. The summed E-state index contributed by atoms with van der Waals surface area (Å²) in [6.45, 7) is 14.3. The SMILES string of the molecule is CCNC(=NCC(C(C)C)N1CCOCC1)NCCc1nc(C)no1.I. The van der Waals surface area contributed by atoms with E-state index in [0.717, 1.165) is 45.4 Å². The average Bonchev–Trinajstić information content (AvgIpc) is 3.01. The summed E-state index contributed by atoms with van der Waals surface area (Å²) in [6.07, 6.45) is 0.683. The van der Waals surface area contributed by atoms with Crippen LogP contribution in [0, 0.1) is 12.8 Å². The van der Waals surface area contributed by atoms with Gasteiger partial charge in [0.15, 0.2) is 11.8 Å². The number of hydrogen-bond acceptors (Lipinski definition) is 6. The Balaban J connectivity index is 0.00000338. The molecule has 26 heavy (non-hydrogen) atoms. The van der Waals surface area contributed by atoms with Crippen molar-refractivity contribution in [2.24, 2.45) is 10.9 Å². The Morgan fingerprint density at radius 1 is 1.27 bits per heavy atom. The van der Waals surface area contributed by atoms with E-state index in [-0.39, 0.29) is 24.0 Å². The molecule has 1 saturated heterocycles. The third-order valence-corrected chi connectivity index (χ3v) is 4.27. The van der Waals surface area contributed by atoms with Crippen molar-refractivity contribution in [3.8, 4) is 0 Å². The second-order valence-corrected chi connectivity index (χ2v) is 6.59. The molecular weight excluding hydrogens is 447 g/mol. The molecule has 0 spiro atoms. The second-order valence-electron chi connectivity index (χ2n) is 6.59. The number of aliphatic imine (C=N–C) groups is 1. The molecule has 1 aromatic rings. The van der Waals surface area contributed by atoms with Crippen molar-refractivity contribution in [2.75, 3.05) is 45.9 Å². The zero-order chi connectivity index (χ0) is 18.1. The fourth-order valence-electron chi connectivity index (χ4n) is 2.91. The van der Waals surface area contributed by atoms with Crippen LogP contribution in [0.4, 0.5) is 0 Å². The van der Waals surface area contributed by atoms with Gasteiger partial charge in [-0.15, -0.1) is 24.0 Å². The van der Waals surface area contributed by atoms with Crippen LogP contribution in [0.15, 0.2) is 9.52 Å². The number of aryl methyl sites for hydroxylation is 1. The first-order valence-electron chi connectivity index (χ1n) is 9.23. The van der Waals surface area contributed by atoms with Gasteiger partial charge in [0.1, 0.15) is 0 Å². The molecule has 1 atom stereocenters. The fourth-order valence-corrected chi connectivity index (χ4v) is 2.91. The van der Waals surface area contributed by atoms with Crippen LogP contribution in [0.25, 0.3) is 0 Å². The molecule has 0 bridgehead atoms. The highest BCUT2D eigenvalue weighted by Gasteiger charge is 2.23. The lowest BCUT2D eigenvalue weighted by Gasteiger charge is -2.36. The minimum Gasteiger partial charge on any atom is -0.379 e. The van der Waals surface area contributed by atoms with Gasteiger partial charge >= 0.3 is 0 Å². The van der Waals surface area contributed by atoms with E-state index in [2.05, 4.69) is 46.4 Å². The normalized spacial score (nSPS) is 17.0. The van der Waals surface area contributed by atoms with Crippen LogP contribution >= 0.6 is 24.0 Å². The first-order chi connectivity index (χ1) is 12.1. The predicted molar refractivity (Wildman–Crippen MR) is 113 cm³/mol. The van der Waals surface area contributed by atoms with E-state index < -0.39 is 0 Å². The molecule has 150 valence electrons. The van der Waals surface area contributed by atoms with Crippen molar-refractivity contribution in [3.63, 3.8) is 0 Å². The van der Waals surface area contributed by atoms with Gasteiger partial charge in [-0.3, -0.25) is 9.89 Å². The number of guanidine groups is 1. The molecule has 1 aromatic heterocycles. The molecule has 0 amide bonds. The summed E-state index contributed by atoms with van der Waals surface area (Å²) in [4.78, 5) is 11.5. The number of aromatic nitrogens is 2. The van der Waals surface area contributed by atoms with E-state index in [9.17, 15) is 0 Å². The standard InChI is InChI=1S/C17H32N6O2.HI/c1-5-18-17(19-7-6-16-21-14(4)22-25-16)20-12-15(13(2)3)23-8-10-24-11-9-23;/h13,15H,5-12H2,1-4H3,(H2,18,19,20);1H. The Morgan fingerprint density at radius 2 is 2.00 bits per heavy atom. The molecule has 0 aliphatic carbocycles. The van der Waals surface area contributed by atoms with Gasteiger partial charge in [-0.1, -0.05) is 19.0 Å². The molecule has 2 rings (SSSR count). The fraction of sp³-hybridized carbons (Fsp3) is 0.824. The quantitative estimate of drug-likeness (QED) is 0.331. The highest BCUT2D eigenvalue weighted by Crippen LogP contribution is 2.13. The highest BCUT2D eigenvalue weighted by atomic mass is 127. The number of hydrogen-bond donors (Lipinski definition) is 2. The monoisotopic (exact) mass is 480 g/mol. The van der Waals surface area contributed by atoms with E-state index in [1.54, 1.807) is 0 Å². The van der Waals surface area contributed by atoms with Gasteiger partial charge in [0.05, 0.1) is 19.8 Å². The lowest BCUT2D eigenvalue weighted by Crippen LogP contribution is -2.48. The molecule has 9 heteroatoms. The number of halogens is 1. The molecule has 8 nitrogen and oxygen atoms in total. The number of nitrogens with one attached hydrogen (secondary N) is 2. The van der Waals surface area contributed by atoms with Crippen LogP contribution in [-0.2, 0) is 11.2 Å². The molecule has 1 fully saturated rings. The number of ether oxygens (including phenoxy) is 1. The number of nitrogens with zero attached hydrogens (tertiary/aromatic N) is 4. The molecule has 2 N–H and O–H groups in total. The van der Waals surface area contributed by atoms with E-state index >= 15 is 0 Å². The third-order valence-electron chi connectivity index (χ3n) is 4.27. The summed E-state index contributed by atoms with van der Waals surface area (Å²) >= 11 is 0. The van der Waals surface area contributed by atoms with Gasteiger partial charge in [0.25, 0.3) is 0 Å². The van der Waals surface area contributed by atoms with Crippen LogP contribution in [0.5, 0.6) is 0 Å². The summed E-state index contributed by atoms with van der Waals surface area (Å²) in [5.74, 6) is 2.69. The lowest BCUT2D eigenvalue weighted by molar-refractivity contribution is 0.00867. The molecule has 1 aliphatic rings. The Labute approximate surface area is 173 Å². The van der Waals surface area contributed by atoms with Crippen molar-refractivity contribution < 1.29 is 9.26 Å². The topological polar surface area (TPSA) is 87.8 Å². The Bertz CT molecular complexity index is 531. The van der Waals surface area contributed by atoms with E-state index in [1.807, 2.05) is 6.92 Å². The predicted octanol–water partition coefficient (Wildman–Crippen LogP) is 1.45. The first kappa shape index (κ1) is 23.1. The summed E-state index contributed by atoms with van der Waals surface area (Å²) in [6, 6.07) is 0.429. The summed E-state index contributed by atoms with van der Waals surface area (Å²) in [5, 5.41) is 10.4. The van der Waals surface area contributed by atoms with E-state index in [4.69, 9.17) is 14.3 Å². The van der Waals surface area contributed by atoms with Crippen molar-refractivity contribution in [2.45, 2.75) is 40.2 Å². The highest BCUT2D eigenvalue weighted by molar-refractivity contribution is 14.0. The van der Waals surface area contributed by atoms with Gasteiger partial charge in [-0.2, -0.15) is 4.98 Å². The van der Waals surface area contributed by atoms with Gasteiger partial charge in [0, 0.05) is 38.6 Å². The van der Waals surface area contributed by atoms with Crippen LogP contribution in [0.1, 0.15) is 32.5 Å². The minimum atomic E-state index is 0. The summed E-state index contributed by atoms with van der Waals surface area (Å²) in [5.41, 5.74) is 0. The minimum absolute atomic E-state index is 0. The molecule has 1 aliphatic heterocycles. The molecule has 0 aromatic carbocycles. The van der Waals surface area contributed by atoms with Crippen molar-refractivity contribution in [1.29, 1.82) is 0 Å². The van der Waals surface area contributed by atoms with Crippen molar-refractivity contribution in [3.05, 3.63) is 11.7 Å². The van der Waals surface area contributed by atoms with Crippen LogP contribution in [0.2, 0.25) is 0 Å². The average molecular weight is 480 g/mol.